The molecule has 2 atom stereocenters. The van der Waals surface area contributed by atoms with Crippen molar-refractivity contribution in [3.63, 3.8) is 0 Å². The molecular formula is C30H30N6O2S3. The number of hydrogen-bond donors (Lipinski definition) is 7. The maximum Gasteiger partial charge on any atom is 0.273 e. The lowest BCUT2D eigenvalue weighted by molar-refractivity contribution is -0.115. The number of carbonyl (C=O) groups is 1. The van der Waals surface area contributed by atoms with Crippen molar-refractivity contribution in [1.29, 1.82) is 0 Å². The number of amides is 1. The first-order valence-electron chi connectivity index (χ1n) is 12.8. The summed E-state index contributed by atoms with van der Waals surface area (Å²) < 4.78 is 0.686. The monoisotopic (exact) mass is 602 g/mol. The maximum absolute atomic E-state index is 11.3. The zero-order valence-electron chi connectivity index (χ0n) is 22.0. The van der Waals surface area contributed by atoms with Crippen LogP contribution in [0.5, 0.6) is 0 Å². The van der Waals surface area contributed by atoms with Crippen LogP contribution < -0.4 is 21.3 Å². The average Bonchev–Trinajstić information content (AvgIpc) is 3.63. The molecule has 2 aliphatic rings. The normalized spacial score (nSPS) is 18.2. The molecule has 0 aliphatic carbocycles. The lowest BCUT2D eigenvalue weighted by Crippen LogP contribution is -2.34. The fraction of sp³-hybridized carbons (Fsp3) is 0.133. The van der Waals surface area contributed by atoms with Crippen molar-refractivity contribution in [3.05, 3.63) is 130 Å². The van der Waals surface area contributed by atoms with E-state index in [9.17, 15) is 9.90 Å². The van der Waals surface area contributed by atoms with Crippen LogP contribution in [0, 0.1) is 4.77 Å². The van der Waals surface area contributed by atoms with Gasteiger partial charge in [0.15, 0.2) is 15.0 Å². The van der Waals surface area contributed by atoms with Gasteiger partial charge in [-0.25, -0.2) is 0 Å². The van der Waals surface area contributed by atoms with Gasteiger partial charge < -0.3 is 31.0 Å². The molecule has 3 heterocycles. The molecule has 41 heavy (non-hydrogen) atoms. The van der Waals surface area contributed by atoms with Crippen LogP contribution in [0.15, 0.2) is 103 Å². The molecule has 2 aliphatic heterocycles. The third-order valence-corrected chi connectivity index (χ3v) is 6.65. The van der Waals surface area contributed by atoms with Gasteiger partial charge in [-0.1, -0.05) is 91.0 Å². The van der Waals surface area contributed by atoms with Gasteiger partial charge in [0.25, 0.3) is 5.91 Å². The summed E-state index contributed by atoms with van der Waals surface area (Å²) in [6.45, 7) is 0. The number of aromatic nitrogens is 2. The van der Waals surface area contributed by atoms with E-state index >= 15 is 0 Å². The highest BCUT2D eigenvalue weighted by Gasteiger charge is 2.27. The van der Waals surface area contributed by atoms with Crippen LogP contribution in [0.3, 0.4) is 0 Å². The standard InChI is InChI=1S/C10H12N2OS.C10H8N2OS.C10H10N2S/c2*13-9-8(11-10(14)12-9)6-7-4-2-1-3-5-7;13-10-11-7-9(12-10)6-8-4-2-1-3-5-8/h1-5,8-9,13H,6H2,(H2,11,12,14);1-6H,(H2,11,12,13,14);1-5,7H,6H2,(H2,11,12,13)/b;8-6+;. The van der Waals surface area contributed by atoms with Crippen molar-refractivity contribution in [1.82, 2.24) is 31.2 Å². The van der Waals surface area contributed by atoms with E-state index in [4.69, 9.17) is 36.7 Å². The Morgan fingerprint density at radius 3 is 1.88 bits per heavy atom. The quantitative estimate of drug-likeness (QED) is 0.135. The van der Waals surface area contributed by atoms with Gasteiger partial charge in [-0.15, -0.1) is 0 Å². The molecular weight excluding hydrogens is 573 g/mol. The topological polar surface area (TPSA) is 117 Å². The predicted octanol–water partition coefficient (Wildman–Crippen LogP) is 4.09. The lowest BCUT2D eigenvalue weighted by atomic mass is 10.1. The van der Waals surface area contributed by atoms with E-state index in [1.165, 1.54) is 11.1 Å². The van der Waals surface area contributed by atoms with Crippen LogP contribution in [0.25, 0.3) is 6.08 Å². The Labute approximate surface area is 254 Å². The van der Waals surface area contributed by atoms with E-state index < -0.39 is 6.23 Å². The van der Waals surface area contributed by atoms with Gasteiger partial charge in [-0.2, -0.15) is 0 Å². The first-order valence-corrected chi connectivity index (χ1v) is 14.1. The number of hydrogen-bond acceptors (Lipinski definition) is 5. The first-order chi connectivity index (χ1) is 19.9. The number of imidazole rings is 1. The van der Waals surface area contributed by atoms with Gasteiger partial charge in [-0.3, -0.25) is 10.1 Å². The highest BCUT2D eigenvalue weighted by atomic mass is 32.1. The number of aliphatic hydroxyl groups excluding tert-OH is 1. The molecule has 4 aromatic rings. The zero-order chi connectivity index (χ0) is 29.0. The van der Waals surface area contributed by atoms with Crippen molar-refractivity contribution in [2.75, 3.05) is 0 Å². The Morgan fingerprint density at radius 1 is 0.756 bits per heavy atom. The minimum absolute atomic E-state index is 0.0232. The van der Waals surface area contributed by atoms with Crippen molar-refractivity contribution in [3.8, 4) is 0 Å². The van der Waals surface area contributed by atoms with Crippen molar-refractivity contribution in [2.24, 2.45) is 0 Å². The second kappa shape index (κ2) is 15.0. The Bertz CT molecular complexity index is 1540. The number of carbonyl (C=O) groups excluding carboxylic acids is 1. The number of rotatable bonds is 5. The van der Waals surface area contributed by atoms with Crippen LogP contribution in [0.1, 0.15) is 22.4 Å². The zero-order valence-corrected chi connectivity index (χ0v) is 24.4. The van der Waals surface area contributed by atoms with Gasteiger partial charge in [-0.05, 0) is 65.8 Å². The summed E-state index contributed by atoms with van der Waals surface area (Å²) in [5.41, 5.74) is 5.05. The van der Waals surface area contributed by atoms with E-state index in [1.807, 2.05) is 85.1 Å². The van der Waals surface area contributed by atoms with Gasteiger partial charge in [0.2, 0.25) is 0 Å². The second-order valence-corrected chi connectivity index (χ2v) is 10.4. The van der Waals surface area contributed by atoms with Gasteiger partial charge in [0.05, 0.1) is 6.04 Å². The summed E-state index contributed by atoms with van der Waals surface area (Å²) in [5.74, 6) is -0.182. The molecule has 1 amide bonds. The van der Waals surface area contributed by atoms with Gasteiger partial charge >= 0.3 is 0 Å². The maximum atomic E-state index is 11.3. The van der Waals surface area contributed by atoms with Crippen LogP contribution in [0.2, 0.25) is 0 Å². The predicted molar refractivity (Wildman–Crippen MR) is 172 cm³/mol. The minimum atomic E-state index is -0.581. The molecule has 7 N–H and O–H groups in total. The molecule has 2 saturated heterocycles. The molecule has 0 radical (unpaired) electrons. The summed E-state index contributed by atoms with van der Waals surface area (Å²) in [4.78, 5) is 17.3. The number of thiocarbonyl (C=S) groups is 2. The number of nitrogens with one attached hydrogen (secondary N) is 6. The molecule has 3 aromatic carbocycles. The Morgan fingerprint density at radius 2 is 1.37 bits per heavy atom. The van der Waals surface area contributed by atoms with Crippen molar-refractivity contribution >= 4 is 58.9 Å². The molecule has 6 rings (SSSR count). The number of benzene rings is 3. The van der Waals surface area contributed by atoms with Crippen LogP contribution >= 0.6 is 36.7 Å². The van der Waals surface area contributed by atoms with E-state index in [0.717, 1.165) is 24.1 Å². The Hall–Kier alpha value is -4.16. The van der Waals surface area contributed by atoms with E-state index in [-0.39, 0.29) is 11.9 Å². The molecule has 0 bridgehead atoms. The molecule has 8 nitrogen and oxygen atoms in total. The summed E-state index contributed by atoms with van der Waals surface area (Å²) in [6, 6.07) is 29.9. The Kier molecular flexibility index (Phi) is 10.9. The molecule has 1 aromatic heterocycles. The molecule has 2 unspecified atom stereocenters. The van der Waals surface area contributed by atoms with E-state index in [2.05, 4.69) is 43.4 Å². The minimum Gasteiger partial charge on any atom is -0.372 e. The summed E-state index contributed by atoms with van der Waals surface area (Å²) in [7, 11) is 0. The molecule has 0 spiro atoms. The van der Waals surface area contributed by atoms with Crippen LogP contribution in [0.4, 0.5) is 0 Å². The van der Waals surface area contributed by atoms with Crippen molar-refractivity contribution in [2.45, 2.75) is 25.1 Å². The summed E-state index contributed by atoms with van der Waals surface area (Å²) >= 11 is 14.7. The molecule has 11 heteroatoms. The van der Waals surface area contributed by atoms with Crippen molar-refractivity contribution < 1.29 is 9.90 Å². The number of aliphatic hydroxyl groups is 1. The SMILES string of the molecule is O=C1NC(=S)N/C1=C/c1ccccc1.OC1NC(=S)NC1Cc1ccccc1.S=c1[nH]cc(Cc2ccccc2)[nH]1. The highest BCUT2D eigenvalue weighted by molar-refractivity contribution is 7.80. The van der Waals surface area contributed by atoms with Crippen LogP contribution in [-0.4, -0.2) is 43.5 Å². The smallest absolute Gasteiger partial charge is 0.273 e. The Balaban J connectivity index is 0.000000142. The van der Waals surface area contributed by atoms with Gasteiger partial charge in [0.1, 0.15) is 11.9 Å². The molecule has 2 fully saturated rings. The fourth-order valence-corrected chi connectivity index (χ4v) is 4.70. The van der Waals surface area contributed by atoms with Gasteiger partial charge in [0, 0.05) is 18.3 Å². The van der Waals surface area contributed by atoms with E-state index in [1.54, 1.807) is 6.08 Å². The summed E-state index contributed by atoms with van der Waals surface area (Å²) in [5, 5.41) is 21.5. The second-order valence-electron chi connectivity index (χ2n) is 9.17. The first kappa shape index (κ1) is 29.8. The lowest BCUT2D eigenvalue weighted by Gasteiger charge is -2.13. The largest absolute Gasteiger partial charge is 0.372 e. The third-order valence-electron chi connectivity index (χ3n) is 5.99. The molecule has 0 saturated carbocycles. The fourth-order valence-electron chi connectivity index (χ4n) is 4.03. The average molecular weight is 603 g/mol. The highest BCUT2D eigenvalue weighted by Crippen LogP contribution is 2.09. The van der Waals surface area contributed by atoms with Crippen LogP contribution in [-0.2, 0) is 17.6 Å². The molecule has 210 valence electrons. The summed E-state index contributed by atoms with van der Waals surface area (Å²) in [6.07, 6.45) is 4.76. The third kappa shape index (κ3) is 9.76. The van der Waals surface area contributed by atoms with E-state index in [0.29, 0.717) is 20.7 Å². The number of H-pyrrole nitrogens is 2. The number of aromatic amines is 2.